The molecule has 0 aliphatic rings. The van der Waals surface area contributed by atoms with Crippen LogP contribution in [0.2, 0.25) is 0 Å². The van der Waals surface area contributed by atoms with Crippen LogP contribution in [0.4, 0.5) is 5.82 Å². The number of aliphatic hydroxyl groups excluding tert-OH is 3. The molecule has 0 amide bonds. The summed E-state index contributed by atoms with van der Waals surface area (Å²) in [5.41, 5.74) is -1.22. The van der Waals surface area contributed by atoms with Crippen molar-refractivity contribution in [1.29, 1.82) is 0 Å². The Kier molecular flexibility index (Phi) is 5.26. The molecule has 1 aromatic heterocycles. The van der Waals surface area contributed by atoms with E-state index in [0.717, 1.165) is 0 Å². The van der Waals surface area contributed by atoms with E-state index in [2.05, 4.69) is 15.3 Å². The molecule has 0 aromatic carbocycles. The van der Waals surface area contributed by atoms with Crippen LogP contribution in [0.5, 0.6) is 5.88 Å². The SMILES string of the molecule is CC(C)Oc1cc(NC(CO)(CO)CO)ncn1. The molecule has 7 nitrogen and oxygen atoms in total. The number of aliphatic hydroxyl groups is 3. The van der Waals surface area contributed by atoms with Crippen LogP contribution in [-0.2, 0) is 0 Å². The van der Waals surface area contributed by atoms with Crippen LogP contribution >= 0.6 is 0 Å². The summed E-state index contributed by atoms with van der Waals surface area (Å²) < 4.78 is 5.39. The number of anilines is 1. The minimum absolute atomic E-state index is 0.0222. The van der Waals surface area contributed by atoms with Gasteiger partial charge in [-0.3, -0.25) is 0 Å². The Bertz CT molecular complexity index is 361. The Morgan fingerprint density at radius 2 is 1.83 bits per heavy atom. The lowest BCUT2D eigenvalue weighted by Crippen LogP contribution is -2.49. The van der Waals surface area contributed by atoms with E-state index in [0.29, 0.717) is 11.7 Å². The van der Waals surface area contributed by atoms with Gasteiger partial charge in [-0.1, -0.05) is 0 Å². The number of nitrogens with one attached hydrogen (secondary N) is 1. The number of hydrogen-bond acceptors (Lipinski definition) is 7. The Morgan fingerprint density at radius 3 is 2.33 bits per heavy atom. The van der Waals surface area contributed by atoms with Gasteiger partial charge < -0.3 is 25.4 Å². The summed E-state index contributed by atoms with van der Waals surface area (Å²) >= 11 is 0. The molecule has 0 aliphatic carbocycles. The number of aromatic nitrogens is 2. The third kappa shape index (κ3) is 3.80. The minimum Gasteiger partial charge on any atom is -0.475 e. The van der Waals surface area contributed by atoms with Crippen LogP contribution < -0.4 is 10.1 Å². The van der Waals surface area contributed by atoms with Crippen LogP contribution in [-0.4, -0.2) is 56.8 Å². The van der Waals surface area contributed by atoms with Gasteiger partial charge in [-0.15, -0.1) is 0 Å². The van der Waals surface area contributed by atoms with E-state index in [1.165, 1.54) is 12.4 Å². The molecule has 0 spiro atoms. The van der Waals surface area contributed by atoms with Crippen LogP contribution in [0.1, 0.15) is 13.8 Å². The first-order valence-corrected chi connectivity index (χ1v) is 5.64. The van der Waals surface area contributed by atoms with Crippen molar-refractivity contribution in [3.05, 3.63) is 12.4 Å². The van der Waals surface area contributed by atoms with E-state index in [1.807, 2.05) is 13.8 Å². The lowest BCUT2D eigenvalue weighted by atomic mass is 10.0. The van der Waals surface area contributed by atoms with E-state index in [1.54, 1.807) is 0 Å². The summed E-state index contributed by atoms with van der Waals surface area (Å²) in [5.74, 6) is 0.739. The van der Waals surface area contributed by atoms with Crippen LogP contribution in [0, 0.1) is 0 Å². The van der Waals surface area contributed by atoms with E-state index in [4.69, 9.17) is 4.74 Å². The molecule has 102 valence electrons. The van der Waals surface area contributed by atoms with Crippen molar-refractivity contribution in [3.8, 4) is 5.88 Å². The molecule has 0 bridgehead atoms. The van der Waals surface area contributed by atoms with Gasteiger partial charge >= 0.3 is 0 Å². The molecular formula is C11H19N3O4. The topological polar surface area (TPSA) is 108 Å². The summed E-state index contributed by atoms with van der Waals surface area (Å²) in [5, 5.41) is 30.4. The van der Waals surface area contributed by atoms with Crippen LogP contribution in [0.15, 0.2) is 12.4 Å². The first-order chi connectivity index (χ1) is 8.55. The zero-order chi connectivity index (χ0) is 13.6. The van der Waals surface area contributed by atoms with Gasteiger partial charge in [-0.05, 0) is 13.8 Å². The first kappa shape index (κ1) is 14.6. The first-order valence-electron chi connectivity index (χ1n) is 5.64. The zero-order valence-corrected chi connectivity index (χ0v) is 10.5. The second-order valence-electron chi connectivity index (χ2n) is 4.29. The lowest BCUT2D eigenvalue weighted by Gasteiger charge is -2.29. The Hall–Kier alpha value is -1.44. The summed E-state index contributed by atoms with van der Waals surface area (Å²) in [6.07, 6.45) is 1.28. The molecular weight excluding hydrogens is 238 g/mol. The number of nitrogens with zero attached hydrogens (tertiary/aromatic N) is 2. The average Bonchev–Trinajstić information content (AvgIpc) is 2.36. The van der Waals surface area contributed by atoms with Crippen molar-refractivity contribution in [2.24, 2.45) is 0 Å². The number of ether oxygens (including phenoxy) is 1. The summed E-state index contributed by atoms with van der Waals surface area (Å²) in [6.45, 7) is 2.46. The summed E-state index contributed by atoms with van der Waals surface area (Å²) in [6, 6.07) is 1.54. The highest BCUT2D eigenvalue weighted by Gasteiger charge is 2.28. The Balaban J connectivity index is 2.83. The van der Waals surface area contributed by atoms with Crippen molar-refractivity contribution in [2.75, 3.05) is 25.1 Å². The van der Waals surface area contributed by atoms with Gasteiger partial charge in [0, 0.05) is 6.07 Å². The van der Waals surface area contributed by atoms with Crippen LogP contribution in [0.25, 0.3) is 0 Å². The van der Waals surface area contributed by atoms with Crippen molar-refractivity contribution in [2.45, 2.75) is 25.5 Å². The second kappa shape index (κ2) is 6.48. The molecule has 0 fully saturated rings. The van der Waals surface area contributed by atoms with Gasteiger partial charge in [0.15, 0.2) is 0 Å². The molecule has 0 aliphatic heterocycles. The Labute approximate surface area is 105 Å². The van der Waals surface area contributed by atoms with Gasteiger partial charge in [0.2, 0.25) is 5.88 Å². The van der Waals surface area contributed by atoms with E-state index >= 15 is 0 Å². The van der Waals surface area contributed by atoms with Gasteiger partial charge in [-0.2, -0.15) is 0 Å². The lowest BCUT2D eigenvalue weighted by molar-refractivity contribution is 0.0830. The standard InChI is InChI=1S/C11H19N3O4/c1-8(2)18-10-3-9(12-7-13-10)14-11(4-15,5-16)6-17/h3,7-8,15-17H,4-6H2,1-2H3,(H,12,13,14). The van der Waals surface area contributed by atoms with E-state index < -0.39 is 25.4 Å². The molecule has 7 heteroatoms. The predicted molar refractivity (Wildman–Crippen MR) is 65.4 cm³/mol. The quantitative estimate of drug-likeness (QED) is 0.516. The van der Waals surface area contributed by atoms with Crippen LogP contribution in [0.3, 0.4) is 0 Å². The maximum atomic E-state index is 9.20. The maximum absolute atomic E-state index is 9.20. The van der Waals surface area contributed by atoms with Gasteiger partial charge in [-0.25, -0.2) is 9.97 Å². The molecule has 0 saturated carbocycles. The molecule has 0 unspecified atom stereocenters. The molecule has 18 heavy (non-hydrogen) atoms. The van der Waals surface area contributed by atoms with Crippen molar-refractivity contribution in [3.63, 3.8) is 0 Å². The van der Waals surface area contributed by atoms with Crippen molar-refractivity contribution in [1.82, 2.24) is 9.97 Å². The molecule has 1 aromatic rings. The normalized spacial score (nSPS) is 11.7. The fraction of sp³-hybridized carbons (Fsp3) is 0.636. The highest BCUT2D eigenvalue weighted by atomic mass is 16.5. The van der Waals surface area contributed by atoms with E-state index in [-0.39, 0.29) is 6.10 Å². The fourth-order valence-corrected chi connectivity index (χ4v) is 1.25. The maximum Gasteiger partial charge on any atom is 0.218 e. The van der Waals surface area contributed by atoms with Gasteiger partial charge in [0.1, 0.15) is 17.7 Å². The smallest absolute Gasteiger partial charge is 0.218 e. The largest absolute Gasteiger partial charge is 0.475 e. The molecule has 1 heterocycles. The van der Waals surface area contributed by atoms with E-state index in [9.17, 15) is 15.3 Å². The van der Waals surface area contributed by atoms with Gasteiger partial charge in [0.25, 0.3) is 0 Å². The summed E-state index contributed by atoms with van der Waals surface area (Å²) in [4.78, 5) is 7.87. The minimum atomic E-state index is -1.22. The Morgan fingerprint density at radius 1 is 1.22 bits per heavy atom. The number of hydrogen-bond donors (Lipinski definition) is 4. The molecule has 0 atom stereocenters. The number of rotatable bonds is 7. The third-order valence-corrected chi connectivity index (χ3v) is 2.30. The zero-order valence-electron chi connectivity index (χ0n) is 10.5. The fourth-order valence-electron chi connectivity index (χ4n) is 1.25. The second-order valence-corrected chi connectivity index (χ2v) is 4.29. The highest BCUT2D eigenvalue weighted by molar-refractivity contribution is 5.40. The summed E-state index contributed by atoms with van der Waals surface area (Å²) in [7, 11) is 0. The third-order valence-electron chi connectivity index (χ3n) is 2.30. The molecule has 0 radical (unpaired) electrons. The van der Waals surface area contributed by atoms with Gasteiger partial charge in [0.05, 0.1) is 25.9 Å². The highest BCUT2D eigenvalue weighted by Crippen LogP contribution is 2.17. The molecule has 1 rings (SSSR count). The monoisotopic (exact) mass is 257 g/mol. The predicted octanol–water partition coefficient (Wildman–Crippen LogP) is -0.609. The molecule has 4 N–H and O–H groups in total. The average molecular weight is 257 g/mol. The molecule has 0 saturated heterocycles. The van der Waals surface area contributed by atoms with Crippen molar-refractivity contribution >= 4 is 5.82 Å². The van der Waals surface area contributed by atoms with Crippen molar-refractivity contribution < 1.29 is 20.1 Å².